The predicted octanol–water partition coefficient (Wildman–Crippen LogP) is 6.16. The predicted molar refractivity (Wildman–Crippen MR) is 183 cm³/mol. The van der Waals surface area contributed by atoms with E-state index in [4.69, 9.17) is 23.6 Å². The number of hydrogen-bond acceptors (Lipinski definition) is 9. The maximum atomic E-state index is 14.3. The van der Waals surface area contributed by atoms with Crippen LogP contribution in [0.4, 0.5) is 0 Å². The molecule has 0 aliphatic carbocycles. The van der Waals surface area contributed by atoms with Crippen LogP contribution in [0.3, 0.4) is 0 Å². The lowest BCUT2D eigenvalue weighted by atomic mass is 9.92. The van der Waals surface area contributed by atoms with Gasteiger partial charge in [-0.15, -0.1) is 0 Å². The minimum absolute atomic E-state index is 0.148. The van der Waals surface area contributed by atoms with Crippen molar-refractivity contribution in [3.05, 3.63) is 139 Å². The SMILES string of the molecule is CCOC(=O)C1=C(c2ccccc2)N=c2s/c(=C/c3ccc(-c4cccc(C(=O)OCC)c4)o3)c(=O)n2[C@@H]1c1ccccc1OC(C)C. The molecule has 10 heteroatoms. The van der Waals surface area contributed by atoms with E-state index < -0.39 is 18.0 Å². The van der Waals surface area contributed by atoms with Crippen LogP contribution in [-0.2, 0) is 14.3 Å². The second kappa shape index (κ2) is 14.1. The number of rotatable bonds is 10. The van der Waals surface area contributed by atoms with Crippen molar-refractivity contribution in [1.29, 1.82) is 0 Å². The summed E-state index contributed by atoms with van der Waals surface area (Å²) in [5.41, 5.74) is 2.76. The Hall–Kier alpha value is -5.48. The van der Waals surface area contributed by atoms with Gasteiger partial charge in [-0.1, -0.05) is 72.0 Å². The molecule has 244 valence electrons. The number of furan rings is 1. The van der Waals surface area contributed by atoms with E-state index in [1.165, 1.54) is 15.9 Å². The summed E-state index contributed by atoms with van der Waals surface area (Å²) in [6, 6.07) is 26.4. The van der Waals surface area contributed by atoms with Crippen molar-refractivity contribution >= 4 is 35.0 Å². The summed E-state index contributed by atoms with van der Waals surface area (Å²) in [7, 11) is 0. The van der Waals surface area contributed by atoms with E-state index in [0.717, 1.165) is 0 Å². The highest BCUT2D eigenvalue weighted by atomic mass is 32.1. The van der Waals surface area contributed by atoms with Gasteiger partial charge in [0.25, 0.3) is 5.56 Å². The quantitative estimate of drug-likeness (QED) is 0.165. The Morgan fingerprint density at radius 2 is 1.60 bits per heavy atom. The molecule has 0 fully saturated rings. The number of para-hydroxylation sites is 1. The molecule has 1 aliphatic rings. The van der Waals surface area contributed by atoms with Gasteiger partial charge < -0.3 is 18.6 Å². The van der Waals surface area contributed by atoms with Crippen LogP contribution in [0.25, 0.3) is 23.1 Å². The molecule has 5 aromatic rings. The van der Waals surface area contributed by atoms with Crippen LogP contribution < -0.4 is 19.6 Å². The summed E-state index contributed by atoms with van der Waals surface area (Å²) >= 11 is 1.20. The summed E-state index contributed by atoms with van der Waals surface area (Å²) in [6.07, 6.45) is 1.50. The first kappa shape index (κ1) is 32.5. The topological polar surface area (TPSA) is 109 Å². The molecule has 0 unspecified atom stereocenters. The molecule has 0 saturated heterocycles. The highest BCUT2D eigenvalue weighted by Crippen LogP contribution is 2.39. The van der Waals surface area contributed by atoms with Gasteiger partial charge in [0, 0.05) is 22.8 Å². The van der Waals surface area contributed by atoms with Crippen LogP contribution in [0, 0.1) is 0 Å². The first-order valence-corrected chi connectivity index (χ1v) is 16.5. The van der Waals surface area contributed by atoms with Gasteiger partial charge in [-0.05, 0) is 58.0 Å². The Labute approximate surface area is 281 Å². The molecule has 48 heavy (non-hydrogen) atoms. The second-order valence-electron chi connectivity index (χ2n) is 11.1. The second-order valence-corrected chi connectivity index (χ2v) is 12.1. The van der Waals surface area contributed by atoms with Crippen LogP contribution in [0.5, 0.6) is 5.75 Å². The van der Waals surface area contributed by atoms with E-state index >= 15 is 0 Å². The van der Waals surface area contributed by atoms with Crippen molar-refractivity contribution in [3.63, 3.8) is 0 Å². The van der Waals surface area contributed by atoms with E-state index in [0.29, 0.717) is 54.6 Å². The molecular weight excluding hydrogens is 628 g/mol. The lowest BCUT2D eigenvalue weighted by Gasteiger charge is -2.27. The number of hydrogen-bond donors (Lipinski definition) is 0. The molecule has 6 rings (SSSR count). The average Bonchev–Trinajstić information content (AvgIpc) is 3.68. The molecular formula is C38H34N2O7S. The zero-order valence-corrected chi connectivity index (χ0v) is 27.8. The fourth-order valence-electron chi connectivity index (χ4n) is 5.53. The van der Waals surface area contributed by atoms with Gasteiger partial charge in [0.05, 0.1) is 40.7 Å². The van der Waals surface area contributed by atoms with E-state index in [-0.39, 0.29) is 30.5 Å². The standard InChI is InChI=1S/C38H34N2O7S/c1-5-44-36(42)26-16-12-15-25(21-26)29-20-19-27(47-29)22-31-35(41)40-34(28-17-10-11-18-30(28)46-23(3)4)32(37(43)45-6-2)33(39-38(40)48-31)24-13-8-7-9-14-24/h7-23,34H,5-6H2,1-4H3/b31-22+/t34-/m1/s1. The molecule has 1 aliphatic heterocycles. The number of nitrogens with zero attached hydrogens (tertiary/aromatic N) is 2. The third kappa shape index (κ3) is 6.52. The minimum Gasteiger partial charge on any atom is -0.491 e. The van der Waals surface area contributed by atoms with Gasteiger partial charge in [0.15, 0.2) is 4.80 Å². The molecule has 0 saturated carbocycles. The van der Waals surface area contributed by atoms with Crippen LogP contribution in [0.1, 0.15) is 61.0 Å². The number of ether oxygens (including phenoxy) is 3. The van der Waals surface area contributed by atoms with Gasteiger partial charge in [-0.3, -0.25) is 9.36 Å². The molecule has 0 N–H and O–H groups in total. The van der Waals surface area contributed by atoms with Gasteiger partial charge >= 0.3 is 11.9 Å². The van der Waals surface area contributed by atoms with Crippen LogP contribution >= 0.6 is 11.3 Å². The average molecular weight is 663 g/mol. The van der Waals surface area contributed by atoms with E-state index in [9.17, 15) is 14.4 Å². The highest BCUT2D eigenvalue weighted by Gasteiger charge is 2.36. The van der Waals surface area contributed by atoms with E-state index in [2.05, 4.69) is 0 Å². The number of carbonyl (C=O) groups excluding carboxylic acids is 2. The third-order valence-electron chi connectivity index (χ3n) is 7.51. The molecule has 1 atom stereocenters. The fourth-order valence-corrected chi connectivity index (χ4v) is 6.51. The van der Waals surface area contributed by atoms with Crippen molar-refractivity contribution in [2.75, 3.05) is 13.2 Å². The highest BCUT2D eigenvalue weighted by molar-refractivity contribution is 7.07. The lowest BCUT2D eigenvalue weighted by Crippen LogP contribution is -2.40. The van der Waals surface area contributed by atoms with Crippen molar-refractivity contribution < 1.29 is 28.2 Å². The van der Waals surface area contributed by atoms with Crippen LogP contribution in [-0.4, -0.2) is 35.8 Å². The summed E-state index contributed by atoms with van der Waals surface area (Å²) in [6.45, 7) is 7.76. The normalized spacial score (nSPS) is 14.4. The first-order valence-electron chi connectivity index (χ1n) is 15.7. The lowest BCUT2D eigenvalue weighted by molar-refractivity contribution is -0.138. The minimum atomic E-state index is -0.884. The van der Waals surface area contributed by atoms with E-state index in [1.807, 2.05) is 74.5 Å². The third-order valence-corrected chi connectivity index (χ3v) is 8.49. The summed E-state index contributed by atoms with van der Waals surface area (Å²) < 4.78 is 24.9. The molecule has 0 radical (unpaired) electrons. The number of aromatic nitrogens is 1. The van der Waals surface area contributed by atoms with Gasteiger partial charge in [0.1, 0.15) is 23.3 Å². The Morgan fingerprint density at radius 1 is 0.896 bits per heavy atom. The Balaban J connectivity index is 1.53. The first-order chi connectivity index (χ1) is 23.3. The van der Waals surface area contributed by atoms with Crippen molar-refractivity contribution in [2.24, 2.45) is 4.99 Å². The monoisotopic (exact) mass is 662 g/mol. The molecule has 3 heterocycles. The maximum absolute atomic E-state index is 14.3. The van der Waals surface area contributed by atoms with Gasteiger partial charge in [0.2, 0.25) is 0 Å². The molecule has 0 amide bonds. The van der Waals surface area contributed by atoms with Crippen molar-refractivity contribution in [3.8, 4) is 17.1 Å². The maximum Gasteiger partial charge on any atom is 0.338 e. The van der Waals surface area contributed by atoms with Gasteiger partial charge in [-0.2, -0.15) is 0 Å². The Kier molecular flexibility index (Phi) is 9.54. The zero-order chi connectivity index (χ0) is 33.8. The number of esters is 2. The Bertz CT molecular complexity index is 2190. The molecule has 0 bridgehead atoms. The number of benzene rings is 3. The van der Waals surface area contributed by atoms with Gasteiger partial charge in [-0.25, -0.2) is 14.6 Å². The summed E-state index contributed by atoms with van der Waals surface area (Å²) in [5, 5.41) is 0. The zero-order valence-electron chi connectivity index (χ0n) is 27.0. The summed E-state index contributed by atoms with van der Waals surface area (Å²) in [5.74, 6) is 0.515. The fraction of sp³-hybridized carbons (Fsp3) is 0.211. The molecule has 2 aromatic heterocycles. The largest absolute Gasteiger partial charge is 0.491 e. The van der Waals surface area contributed by atoms with Crippen molar-refractivity contribution in [1.82, 2.24) is 4.57 Å². The smallest absolute Gasteiger partial charge is 0.338 e. The molecule has 3 aromatic carbocycles. The van der Waals surface area contributed by atoms with Crippen molar-refractivity contribution in [2.45, 2.75) is 39.8 Å². The molecule has 0 spiro atoms. The number of thiazole rings is 1. The Morgan fingerprint density at radius 3 is 2.35 bits per heavy atom. The molecule has 9 nitrogen and oxygen atoms in total. The number of fused-ring (bicyclic) bond motifs is 1. The number of carbonyl (C=O) groups is 2. The van der Waals surface area contributed by atoms with Crippen LogP contribution in [0.2, 0.25) is 0 Å². The van der Waals surface area contributed by atoms with Crippen LogP contribution in [0.15, 0.2) is 111 Å². The van der Waals surface area contributed by atoms with E-state index in [1.54, 1.807) is 50.3 Å². The summed E-state index contributed by atoms with van der Waals surface area (Å²) in [4.78, 5) is 45.8.